The minimum Gasteiger partial charge on any atom is -0.491 e. The molecule has 4 nitrogen and oxygen atoms in total. The van der Waals surface area contributed by atoms with Crippen molar-refractivity contribution in [3.05, 3.63) is 45.9 Å². The van der Waals surface area contributed by atoms with Crippen molar-refractivity contribution in [3.63, 3.8) is 0 Å². The Morgan fingerprint density at radius 3 is 2.78 bits per heavy atom. The van der Waals surface area contributed by atoms with E-state index in [4.69, 9.17) is 4.74 Å². The van der Waals surface area contributed by atoms with Crippen LogP contribution < -0.4 is 10.1 Å². The topological polar surface area (TPSA) is 37.4 Å². The van der Waals surface area contributed by atoms with Gasteiger partial charge in [-0.1, -0.05) is 12.1 Å². The number of piperazine rings is 1. The van der Waals surface area contributed by atoms with Gasteiger partial charge in [0, 0.05) is 36.8 Å². The number of thiazole rings is 1. The number of benzene rings is 1. The summed E-state index contributed by atoms with van der Waals surface area (Å²) in [5.74, 6) is 0.939. The molecule has 0 amide bonds. The molecule has 1 aliphatic rings. The quantitative estimate of drug-likeness (QED) is 0.911. The molecule has 1 N–H and O–H groups in total. The fourth-order valence-electron chi connectivity index (χ4n) is 2.95. The third kappa shape index (κ3) is 4.31. The maximum Gasteiger partial charge on any atom is 0.119 e. The number of aryl methyl sites for hydroxylation is 1. The zero-order valence-electron chi connectivity index (χ0n) is 14.1. The third-order valence-corrected chi connectivity index (χ3v) is 4.95. The number of aromatic nitrogens is 1. The maximum absolute atomic E-state index is 5.74. The zero-order valence-corrected chi connectivity index (χ0v) is 14.9. The Balaban J connectivity index is 1.72. The van der Waals surface area contributed by atoms with Crippen LogP contribution in [0.2, 0.25) is 0 Å². The fraction of sp³-hybridized carbons (Fsp3) is 0.500. The number of hydrogen-bond acceptors (Lipinski definition) is 5. The lowest BCUT2D eigenvalue weighted by molar-refractivity contribution is 0.153. The molecule has 2 heterocycles. The molecule has 0 spiro atoms. The molecule has 0 radical (unpaired) electrons. The van der Waals surface area contributed by atoms with E-state index >= 15 is 0 Å². The number of hydrogen-bond donors (Lipinski definition) is 1. The standard InChI is InChI=1S/C18H25N3OS/c1-13(2)22-16-6-4-15(5-7-16)17-10-19-8-9-21(17)11-18-20-14(3)12-23-18/h4-7,12-13,17,19H,8-11H2,1-3H3. The molecule has 1 aromatic heterocycles. The summed E-state index contributed by atoms with van der Waals surface area (Å²) in [6, 6.07) is 8.93. The van der Waals surface area contributed by atoms with Gasteiger partial charge in [-0.15, -0.1) is 11.3 Å². The summed E-state index contributed by atoms with van der Waals surface area (Å²) in [6.07, 6.45) is 0.210. The number of rotatable bonds is 5. The lowest BCUT2D eigenvalue weighted by Gasteiger charge is -2.36. The van der Waals surface area contributed by atoms with Crippen LogP contribution >= 0.6 is 11.3 Å². The van der Waals surface area contributed by atoms with Crippen molar-refractivity contribution in [2.75, 3.05) is 19.6 Å². The molecule has 1 fully saturated rings. The summed E-state index contributed by atoms with van der Waals surface area (Å²) in [5.41, 5.74) is 2.45. The monoisotopic (exact) mass is 331 g/mol. The van der Waals surface area contributed by atoms with Crippen LogP contribution in [0.25, 0.3) is 0 Å². The van der Waals surface area contributed by atoms with Crippen LogP contribution in [0.3, 0.4) is 0 Å². The van der Waals surface area contributed by atoms with E-state index in [2.05, 4.69) is 65.6 Å². The molecule has 0 saturated carbocycles. The van der Waals surface area contributed by atoms with Gasteiger partial charge in [-0.2, -0.15) is 0 Å². The van der Waals surface area contributed by atoms with Gasteiger partial charge in [0.15, 0.2) is 0 Å². The first-order valence-corrected chi connectivity index (χ1v) is 9.12. The van der Waals surface area contributed by atoms with Crippen molar-refractivity contribution < 1.29 is 4.74 Å². The first kappa shape index (κ1) is 16.4. The van der Waals surface area contributed by atoms with E-state index in [1.807, 2.05) is 0 Å². The van der Waals surface area contributed by atoms with E-state index in [-0.39, 0.29) is 6.10 Å². The van der Waals surface area contributed by atoms with Gasteiger partial charge in [-0.25, -0.2) is 4.98 Å². The molecular weight excluding hydrogens is 306 g/mol. The van der Waals surface area contributed by atoms with Gasteiger partial charge in [0.05, 0.1) is 12.6 Å². The molecule has 2 aromatic rings. The van der Waals surface area contributed by atoms with Crippen molar-refractivity contribution in [2.45, 2.75) is 39.5 Å². The van der Waals surface area contributed by atoms with Crippen molar-refractivity contribution >= 4 is 11.3 Å². The first-order chi connectivity index (χ1) is 11.1. The van der Waals surface area contributed by atoms with Gasteiger partial charge >= 0.3 is 0 Å². The van der Waals surface area contributed by atoms with E-state index in [0.717, 1.165) is 37.6 Å². The van der Waals surface area contributed by atoms with E-state index in [9.17, 15) is 0 Å². The van der Waals surface area contributed by atoms with E-state index < -0.39 is 0 Å². The van der Waals surface area contributed by atoms with Gasteiger partial charge in [0.2, 0.25) is 0 Å². The molecule has 23 heavy (non-hydrogen) atoms. The van der Waals surface area contributed by atoms with Crippen molar-refractivity contribution in [2.24, 2.45) is 0 Å². The number of ether oxygens (including phenoxy) is 1. The van der Waals surface area contributed by atoms with Crippen LogP contribution in [0.1, 0.15) is 36.2 Å². The minimum atomic E-state index is 0.210. The van der Waals surface area contributed by atoms with Gasteiger partial charge < -0.3 is 10.1 Å². The second-order valence-corrected chi connectivity index (χ2v) is 7.25. The summed E-state index contributed by atoms with van der Waals surface area (Å²) in [4.78, 5) is 7.14. The van der Waals surface area contributed by atoms with Crippen molar-refractivity contribution in [1.82, 2.24) is 15.2 Å². The SMILES string of the molecule is Cc1csc(CN2CCNCC2c2ccc(OC(C)C)cc2)n1. The predicted octanol–water partition coefficient (Wildman–Crippen LogP) is 3.39. The lowest BCUT2D eigenvalue weighted by atomic mass is 10.0. The highest BCUT2D eigenvalue weighted by Gasteiger charge is 2.24. The summed E-state index contributed by atoms with van der Waals surface area (Å²) < 4.78 is 5.74. The molecule has 0 bridgehead atoms. The average molecular weight is 331 g/mol. The maximum atomic E-state index is 5.74. The summed E-state index contributed by atoms with van der Waals surface area (Å²) in [5, 5.41) is 6.84. The Kier molecular flexibility index (Phi) is 5.30. The Morgan fingerprint density at radius 1 is 1.35 bits per heavy atom. The Morgan fingerprint density at radius 2 is 2.13 bits per heavy atom. The Hall–Kier alpha value is -1.43. The van der Waals surface area contributed by atoms with Crippen LogP contribution in [0, 0.1) is 6.92 Å². The van der Waals surface area contributed by atoms with Gasteiger partial charge in [-0.3, -0.25) is 4.90 Å². The molecule has 1 aromatic carbocycles. The molecular formula is C18H25N3OS. The van der Waals surface area contributed by atoms with Crippen LogP contribution in [0.5, 0.6) is 5.75 Å². The molecule has 5 heteroatoms. The number of nitrogens with zero attached hydrogens (tertiary/aromatic N) is 2. The largest absolute Gasteiger partial charge is 0.491 e. The van der Waals surface area contributed by atoms with Gasteiger partial charge in [0.25, 0.3) is 0 Å². The number of nitrogens with one attached hydrogen (secondary N) is 1. The highest BCUT2D eigenvalue weighted by molar-refractivity contribution is 7.09. The minimum absolute atomic E-state index is 0.210. The second kappa shape index (κ2) is 7.43. The van der Waals surface area contributed by atoms with Gasteiger partial charge in [-0.05, 0) is 38.5 Å². The smallest absolute Gasteiger partial charge is 0.119 e. The predicted molar refractivity (Wildman–Crippen MR) is 95.1 cm³/mol. The lowest BCUT2D eigenvalue weighted by Crippen LogP contribution is -2.45. The third-order valence-electron chi connectivity index (χ3n) is 4.00. The summed E-state index contributed by atoms with van der Waals surface area (Å²) in [6.45, 7) is 10.2. The Bertz CT molecular complexity index is 623. The zero-order chi connectivity index (χ0) is 16.2. The molecule has 1 atom stereocenters. The van der Waals surface area contributed by atoms with Crippen molar-refractivity contribution in [1.29, 1.82) is 0 Å². The van der Waals surface area contributed by atoms with Crippen LogP contribution in [0.4, 0.5) is 0 Å². The van der Waals surface area contributed by atoms with Crippen LogP contribution in [-0.4, -0.2) is 35.6 Å². The molecule has 0 aliphatic carbocycles. The van der Waals surface area contributed by atoms with Gasteiger partial charge in [0.1, 0.15) is 10.8 Å². The van der Waals surface area contributed by atoms with E-state index in [0.29, 0.717) is 6.04 Å². The average Bonchev–Trinajstić information content (AvgIpc) is 2.93. The normalized spacial score (nSPS) is 19.2. The molecule has 1 saturated heterocycles. The van der Waals surface area contributed by atoms with Crippen molar-refractivity contribution in [3.8, 4) is 5.75 Å². The first-order valence-electron chi connectivity index (χ1n) is 8.24. The second-order valence-electron chi connectivity index (χ2n) is 6.31. The molecule has 3 rings (SSSR count). The summed E-state index contributed by atoms with van der Waals surface area (Å²) in [7, 11) is 0. The molecule has 124 valence electrons. The van der Waals surface area contributed by atoms with E-state index in [1.54, 1.807) is 11.3 Å². The molecule has 1 unspecified atom stereocenters. The Labute approximate surface area is 142 Å². The highest BCUT2D eigenvalue weighted by atomic mass is 32.1. The van der Waals surface area contributed by atoms with Crippen LogP contribution in [-0.2, 0) is 6.54 Å². The molecule has 1 aliphatic heterocycles. The fourth-order valence-corrected chi connectivity index (χ4v) is 3.75. The highest BCUT2D eigenvalue weighted by Crippen LogP contribution is 2.27. The van der Waals surface area contributed by atoms with Crippen LogP contribution in [0.15, 0.2) is 29.6 Å². The van der Waals surface area contributed by atoms with E-state index in [1.165, 1.54) is 10.6 Å². The summed E-state index contributed by atoms with van der Waals surface area (Å²) >= 11 is 1.76.